The molecule has 0 aromatic rings. The van der Waals surface area contributed by atoms with Crippen molar-refractivity contribution in [2.45, 2.75) is 71.6 Å². The first-order valence-electron chi connectivity index (χ1n) is 8.17. The van der Waals surface area contributed by atoms with Gasteiger partial charge in [0.1, 0.15) is 6.61 Å². The number of esters is 1. The molecule has 0 radical (unpaired) electrons. The number of rotatable bonds is 14. The molecule has 0 aromatic heterocycles. The zero-order valence-corrected chi connectivity index (χ0v) is 14.7. The Hall–Kier alpha value is -0.420. The second kappa shape index (κ2) is 13.1. The Kier molecular flexibility index (Phi) is 12.8. The molecule has 0 saturated heterocycles. The standard InChI is InChI=1S/C15H31O6P/c1-14(2)10-8-6-4-3-5-7-9-11-15(16)20-12-13-21-22(17,18)19/h14H,3-13H2,1-2H3,(H2,17,18,19). The van der Waals surface area contributed by atoms with Crippen LogP contribution >= 0.6 is 7.82 Å². The minimum atomic E-state index is -4.46. The van der Waals surface area contributed by atoms with Crippen LogP contribution in [0.3, 0.4) is 0 Å². The zero-order valence-electron chi connectivity index (χ0n) is 13.8. The summed E-state index contributed by atoms with van der Waals surface area (Å²) in [5, 5.41) is 0. The molecule has 0 unspecified atom stereocenters. The smallest absolute Gasteiger partial charge is 0.463 e. The lowest BCUT2D eigenvalue weighted by molar-refractivity contribution is -0.144. The Bertz CT molecular complexity index is 326. The fraction of sp³-hybridized carbons (Fsp3) is 0.933. The van der Waals surface area contributed by atoms with E-state index in [1.54, 1.807) is 0 Å². The van der Waals surface area contributed by atoms with Gasteiger partial charge in [-0.05, 0) is 12.3 Å². The summed E-state index contributed by atoms with van der Waals surface area (Å²) >= 11 is 0. The average molecular weight is 338 g/mol. The molecule has 0 bridgehead atoms. The number of phosphoric acid groups is 1. The van der Waals surface area contributed by atoms with Gasteiger partial charge < -0.3 is 14.5 Å². The molecule has 22 heavy (non-hydrogen) atoms. The Morgan fingerprint density at radius 2 is 1.50 bits per heavy atom. The third-order valence-corrected chi connectivity index (χ3v) is 3.79. The highest BCUT2D eigenvalue weighted by Gasteiger charge is 2.13. The van der Waals surface area contributed by atoms with E-state index < -0.39 is 7.82 Å². The van der Waals surface area contributed by atoms with Crippen LogP contribution in [0.2, 0.25) is 0 Å². The molecule has 132 valence electrons. The van der Waals surface area contributed by atoms with Crippen molar-refractivity contribution < 1.29 is 28.4 Å². The average Bonchev–Trinajstić information content (AvgIpc) is 2.40. The van der Waals surface area contributed by atoms with E-state index in [0.29, 0.717) is 6.42 Å². The summed E-state index contributed by atoms with van der Waals surface area (Å²) in [6.45, 7) is 4.08. The van der Waals surface area contributed by atoms with Crippen LogP contribution in [0.25, 0.3) is 0 Å². The fourth-order valence-electron chi connectivity index (χ4n) is 2.09. The Balaban J connectivity index is 3.27. The van der Waals surface area contributed by atoms with E-state index >= 15 is 0 Å². The lowest BCUT2D eigenvalue weighted by Gasteiger charge is -2.07. The van der Waals surface area contributed by atoms with Crippen molar-refractivity contribution in [2.75, 3.05) is 13.2 Å². The van der Waals surface area contributed by atoms with Crippen LogP contribution in [-0.4, -0.2) is 29.0 Å². The van der Waals surface area contributed by atoms with Gasteiger partial charge >= 0.3 is 13.8 Å². The largest absolute Gasteiger partial charge is 0.469 e. The van der Waals surface area contributed by atoms with E-state index in [9.17, 15) is 9.36 Å². The summed E-state index contributed by atoms with van der Waals surface area (Å²) in [6, 6.07) is 0. The van der Waals surface area contributed by atoms with E-state index in [4.69, 9.17) is 14.5 Å². The highest BCUT2D eigenvalue weighted by atomic mass is 31.2. The molecule has 0 aliphatic carbocycles. The molecule has 0 aliphatic rings. The van der Waals surface area contributed by atoms with Gasteiger partial charge in [-0.15, -0.1) is 0 Å². The van der Waals surface area contributed by atoms with Gasteiger partial charge in [0, 0.05) is 6.42 Å². The molecule has 0 atom stereocenters. The molecule has 0 amide bonds. The predicted molar refractivity (Wildman–Crippen MR) is 85.3 cm³/mol. The molecule has 0 aromatic carbocycles. The molecule has 0 saturated carbocycles. The number of carbonyl (C=O) groups excluding carboxylic acids is 1. The van der Waals surface area contributed by atoms with Crippen molar-refractivity contribution in [3.8, 4) is 0 Å². The molecule has 2 N–H and O–H groups in total. The van der Waals surface area contributed by atoms with Gasteiger partial charge in [-0.3, -0.25) is 9.32 Å². The molecule has 0 aliphatic heterocycles. The van der Waals surface area contributed by atoms with Crippen LogP contribution in [0.5, 0.6) is 0 Å². The van der Waals surface area contributed by atoms with Gasteiger partial charge in [-0.1, -0.05) is 58.8 Å². The van der Waals surface area contributed by atoms with Gasteiger partial charge in [-0.2, -0.15) is 0 Å². The maximum absolute atomic E-state index is 11.3. The second-order valence-electron chi connectivity index (χ2n) is 5.95. The number of hydrogen-bond donors (Lipinski definition) is 2. The summed E-state index contributed by atoms with van der Waals surface area (Å²) in [5.41, 5.74) is 0. The topological polar surface area (TPSA) is 93.1 Å². The third kappa shape index (κ3) is 17.6. The summed E-state index contributed by atoms with van der Waals surface area (Å²) in [4.78, 5) is 28.2. The predicted octanol–water partition coefficient (Wildman–Crippen LogP) is 3.81. The van der Waals surface area contributed by atoms with Gasteiger partial charge in [0.05, 0.1) is 6.61 Å². The van der Waals surface area contributed by atoms with Crippen LogP contribution in [0, 0.1) is 5.92 Å². The molecule has 0 heterocycles. The van der Waals surface area contributed by atoms with E-state index in [1.165, 1.54) is 32.1 Å². The van der Waals surface area contributed by atoms with Crippen LogP contribution < -0.4 is 0 Å². The van der Waals surface area contributed by atoms with Crippen LogP contribution in [0.4, 0.5) is 0 Å². The third-order valence-electron chi connectivity index (χ3n) is 3.27. The summed E-state index contributed by atoms with van der Waals surface area (Å²) < 4.78 is 19.4. The summed E-state index contributed by atoms with van der Waals surface area (Å²) in [5.74, 6) is 0.448. The number of phosphoric ester groups is 1. The van der Waals surface area contributed by atoms with E-state index in [0.717, 1.165) is 25.2 Å². The first-order valence-corrected chi connectivity index (χ1v) is 9.70. The first kappa shape index (κ1) is 21.6. The number of hydrogen-bond acceptors (Lipinski definition) is 4. The van der Waals surface area contributed by atoms with Crippen molar-refractivity contribution in [3.63, 3.8) is 0 Å². The molecule has 6 nitrogen and oxygen atoms in total. The molecular formula is C15H31O6P. The Labute approximate surface area is 133 Å². The van der Waals surface area contributed by atoms with Gasteiger partial charge in [0.15, 0.2) is 0 Å². The van der Waals surface area contributed by atoms with Crippen molar-refractivity contribution in [2.24, 2.45) is 5.92 Å². The normalized spacial score (nSPS) is 11.9. The summed E-state index contributed by atoms with van der Waals surface area (Å²) in [7, 11) is -4.46. The Morgan fingerprint density at radius 3 is 2.05 bits per heavy atom. The first-order chi connectivity index (χ1) is 10.3. The fourth-order valence-corrected chi connectivity index (χ4v) is 2.40. The van der Waals surface area contributed by atoms with Crippen molar-refractivity contribution >= 4 is 13.8 Å². The number of ether oxygens (including phenoxy) is 1. The second-order valence-corrected chi connectivity index (χ2v) is 7.19. The quantitative estimate of drug-likeness (QED) is 0.284. The van der Waals surface area contributed by atoms with Crippen molar-refractivity contribution in [1.29, 1.82) is 0 Å². The zero-order chi connectivity index (χ0) is 16.8. The van der Waals surface area contributed by atoms with E-state index in [2.05, 4.69) is 18.4 Å². The molecule has 0 rings (SSSR count). The molecule has 7 heteroatoms. The minimum Gasteiger partial charge on any atom is -0.463 e. The number of unbranched alkanes of at least 4 members (excludes halogenated alkanes) is 6. The lowest BCUT2D eigenvalue weighted by Crippen LogP contribution is -2.09. The lowest BCUT2D eigenvalue weighted by atomic mass is 10.0. The highest BCUT2D eigenvalue weighted by molar-refractivity contribution is 7.46. The Morgan fingerprint density at radius 1 is 0.955 bits per heavy atom. The van der Waals surface area contributed by atoms with Crippen LogP contribution in [-0.2, 0) is 18.6 Å². The van der Waals surface area contributed by atoms with Gasteiger partial charge in [-0.25, -0.2) is 4.57 Å². The SMILES string of the molecule is CC(C)CCCCCCCCCC(=O)OCCOP(=O)(O)O. The molecule has 0 spiro atoms. The van der Waals surface area contributed by atoms with Crippen molar-refractivity contribution in [3.05, 3.63) is 0 Å². The van der Waals surface area contributed by atoms with Crippen molar-refractivity contribution in [1.82, 2.24) is 0 Å². The van der Waals surface area contributed by atoms with Crippen LogP contribution in [0.15, 0.2) is 0 Å². The van der Waals surface area contributed by atoms with E-state index in [-0.39, 0.29) is 19.2 Å². The van der Waals surface area contributed by atoms with Gasteiger partial charge in [0.2, 0.25) is 0 Å². The monoisotopic (exact) mass is 338 g/mol. The highest BCUT2D eigenvalue weighted by Crippen LogP contribution is 2.35. The maximum Gasteiger partial charge on any atom is 0.469 e. The molecule has 0 fully saturated rings. The van der Waals surface area contributed by atoms with Crippen LogP contribution in [0.1, 0.15) is 71.6 Å². The van der Waals surface area contributed by atoms with Gasteiger partial charge in [0.25, 0.3) is 0 Å². The maximum atomic E-state index is 11.3. The minimum absolute atomic E-state index is 0.125. The number of carbonyl (C=O) groups is 1. The molecular weight excluding hydrogens is 307 g/mol. The van der Waals surface area contributed by atoms with E-state index in [1.807, 2.05) is 0 Å². The summed E-state index contributed by atoms with van der Waals surface area (Å²) in [6.07, 6.45) is 9.67.